The molecule has 2 aromatic carbocycles. The van der Waals surface area contributed by atoms with Crippen molar-refractivity contribution in [2.45, 2.75) is 32.0 Å². The Bertz CT molecular complexity index is 907. The van der Waals surface area contributed by atoms with E-state index in [-0.39, 0.29) is 5.91 Å². The first-order valence-corrected chi connectivity index (χ1v) is 9.29. The van der Waals surface area contributed by atoms with E-state index in [9.17, 15) is 4.79 Å². The lowest BCUT2D eigenvalue weighted by Crippen LogP contribution is -2.28. The van der Waals surface area contributed by atoms with Gasteiger partial charge in [-0.25, -0.2) is 4.98 Å². The molecule has 0 unspecified atom stereocenters. The molecular weight excluding hydrogens is 324 g/mol. The van der Waals surface area contributed by atoms with Crippen LogP contribution < -0.4 is 5.32 Å². The fraction of sp³-hybridized carbons (Fsp3) is 0.333. The number of nitrogens with zero attached hydrogens (tertiary/aromatic N) is 2. The number of aromatic amines is 1. The zero-order valence-corrected chi connectivity index (χ0v) is 14.6. The predicted molar refractivity (Wildman–Crippen MR) is 101 cm³/mol. The standard InChI is InChI=1S/C21H22N4O/c26-21(22-11-20-23-18-3-1-2-4-19(18)24-20)16-7-5-14(6-8-16)12-25-13-15-9-17(25)10-15/h1-8,15,17H,9-13H2,(H,22,26)(H,23,24). The summed E-state index contributed by atoms with van der Waals surface area (Å²) >= 11 is 0. The van der Waals surface area contributed by atoms with Crippen LogP contribution in [0.4, 0.5) is 0 Å². The van der Waals surface area contributed by atoms with Gasteiger partial charge in [0.2, 0.25) is 0 Å². The van der Waals surface area contributed by atoms with Gasteiger partial charge in [-0.3, -0.25) is 9.69 Å². The smallest absolute Gasteiger partial charge is 0.251 e. The second-order valence-electron chi connectivity index (χ2n) is 7.50. The third kappa shape index (κ3) is 2.88. The van der Waals surface area contributed by atoms with Crippen molar-refractivity contribution in [3.05, 3.63) is 65.5 Å². The maximum absolute atomic E-state index is 12.4. The molecule has 3 aliphatic rings. The van der Waals surface area contributed by atoms with Crippen LogP contribution >= 0.6 is 0 Å². The molecule has 2 saturated heterocycles. The zero-order valence-electron chi connectivity index (χ0n) is 14.6. The average molecular weight is 346 g/mol. The number of nitrogens with one attached hydrogen (secondary N) is 2. The van der Waals surface area contributed by atoms with Crippen LogP contribution in [0.25, 0.3) is 11.0 Å². The number of rotatable bonds is 5. The molecule has 0 radical (unpaired) electrons. The number of H-pyrrole nitrogens is 1. The summed E-state index contributed by atoms with van der Waals surface area (Å²) in [7, 11) is 0. The maximum atomic E-state index is 12.4. The van der Waals surface area contributed by atoms with Crippen molar-refractivity contribution in [1.29, 1.82) is 0 Å². The molecule has 2 bridgehead atoms. The third-order valence-electron chi connectivity index (χ3n) is 5.68. The fourth-order valence-corrected chi connectivity index (χ4v) is 4.17. The van der Waals surface area contributed by atoms with Crippen LogP contribution in [0.15, 0.2) is 48.5 Å². The van der Waals surface area contributed by atoms with Crippen LogP contribution in [0, 0.1) is 5.92 Å². The number of hydrogen-bond acceptors (Lipinski definition) is 3. The minimum absolute atomic E-state index is 0.0690. The van der Waals surface area contributed by atoms with Crippen LogP contribution in [0.5, 0.6) is 0 Å². The van der Waals surface area contributed by atoms with Gasteiger partial charge in [-0.1, -0.05) is 24.3 Å². The Morgan fingerprint density at radius 3 is 2.69 bits per heavy atom. The molecule has 3 aromatic rings. The van der Waals surface area contributed by atoms with E-state index in [1.807, 2.05) is 36.4 Å². The van der Waals surface area contributed by atoms with E-state index in [0.717, 1.165) is 35.4 Å². The number of para-hydroxylation sites is 2. The van der Waals surface area contributed by atoms with Crippen molar-refractivity contribution in [3.63, 3.8) is 0 Å². The fourth-order valence-electron chi connectivity index (χ4n) is 4.17. The number of amides is 1. The number of imidazole rings is 1. The predicted octanol–water partition coefficient (Wildman–Crippen LogP) is 3.09. The molecule has 5 heteroatoms. The number of aromatic nitrogens is 2. The highest BCUT2D eigenvalue weighted by molar-refractivity contribution is 5.94. The van der Waals surface area contributed by atoms with Crippen LogP contribution in [0.3, 0.4) is 0 Å². The highest BCUT2D eigenvalue weighted by Crippen LogP contribution is 2.41. The molecule has 0 spiro atoms. The SMILES string of the molecule is O=C(NCc1nc2ccccc2[nH]1)c1ccc(CN2CC3CC2C3)cc1. The van der Waals surface area contributed by atoms with Gasteiger partial charge in [-0.2, -0.15) is 0 Å². The molecule has 132 valence electrons. The molecule has 0 atom stereocenters. The van der Waals surface area contributed by atoms with Gasteiger partial charge in [-0.05, 0) is 48.6 Å². The summed E-state index contributed by atoms with van der Waals surface area (Å²) < 4.78 is 0. The Kier molecular flexibility index (Phi) is 3.75. The molecule has 2 N–H and O–H groups in total. The summed E-state index contributed by atoms with van der Waals surface area (Å²) in [5.41, 5.74) is 3.88. The molecular formula is C21H22N4O. The average Bonchev–Trinajstić information content (AvgIpc) is 3.32. The molecule has 5 nitrogen and oxygen atoms in total. The van der Waals surface area contributed by atoms with Crippen molar-refractivity contribution in [3.8, 4) is 0 Å². The number of carbonyl (C=O) groups is 1. The number of benzene rings is 2. The van der Waals surface area contributed by atoms with E-state index in [1.54, 1.807) is 0 Å². The summed E-state index contributed by atoms with van der Waals surface area (Å²) in [6, 6.07) is 16.7. The Hall–Kier alpha value is -2.66. The van der Waals surface area contributed by atoms with E-state index < -0.39 is 0 Å². The van der Waals surface area contributed by atoms with Crippen LogP contribution in [-0.4, -0.2) is 33.4 Å². The molecule has 1 aromatic heterocycles. The lowest BCUT2D eigenvalue weighted by atomic mass is 9.86. The molecule has 3 fully saturated rings. The first-order chi connectivity index (χ1) is 12.7. The van der Waals surface area contributed by atoms with E-state index >= 15 is 0 Å². The van der Waals surface area contributed by atoms with Gasteiger partial charge >= 0.3 is 0 Å². The third-order valence-corrected chi connectivity index (χ3v) is 5.68. The Morgan fingerprint density at radius 2 is 1.96 bits per heavy atom. The molecule has 3 heterocycles. The van der Waals surface area contributed by atoms with Crippen molar-refractivity contribution in [1.82, 2.24) is 20.2 Å². The monoisotopic (exact) mass is 346 g/mol. The van der Waals surface area contributed by atoms with E-state index in [1.165, 1.54) is 24.9 Å². The normalized spacial score (nSPS) is 21.7. The topological polar surface area (TPSA) is 61.0 Å². The zero-order chi connectivity index (χ0) is 17.5. The number of hydrogen-bond donors (Lipinski definition) is 2. The highest BCUT2D eigenvalue weighted by atomic mass is 16.1. The second kappa shape index (κ2) is 6.25. The van der Waals surface area contributed by atoms with Gasteiger partial charge in [0.05, 0.1) is 17.6 Å². The molecule has 1 amide bonds. The number of fused-ring (bicyclic) bond motifs is 2. The molecule has 1 aliphatic carbocycles. The molecule has 6 rings (SSSR count). The molecule has 26 heavy (non-hydrogen) atoms. The summed E-state index contributed by atoms with van der Waals surface area (Å²) in [6.45, 7) is 2.64. The minimum Gasteiger partial charge on any atom is -0.345 e. The second-order valence-corrected chi connectivity index (χ2v) is 7.50. The van der Waals surface area contributed by atoms with Gasteiger partial charge < -0.3 is 10.3 Å². The summed E-state index contributed by atoms with van der Waals surface area (Å²) in [4.78, 5) is 22.7. The van der Waals surface area contributed by atoms with Crippen molar-refractivity contribution >= 4 is 16.9 Å². The van der Waals surface area contributed by atoms with E-state index in [4.69, 9.17) is 0 Å². The van der Waals surface area contributed by atoms with Gasteiger partial charge in [0, 0.05) is 24.7 Å². The summed E-state index contributed by atoms with van der Waals surface area (Å²) in [6.07, 6.45) is 2.75. The van der Waals surface area contributed by atoms with Gasteiger partial charge in [-0.15, -0.1) is 0 Å². The first-order valence-electron chi connectivity index (χ1n) is 9.29. The van der Waals surface area contributed by atoms with Crippen molar-refractivity contribution in [2.75, 3.05) is 6.54 Å². The van der Waals surface area contributed by atoms with Crippen LogP contribution in [0.2, 0.25) is 0 Å². The lowest BCUT2D eigenvalue weighted by Gasteiger charge is -2.26. The quantitative estimate of drug-likeness (QED) is 0.746. The van der Waals surface area contributed by atoms with Crippen molar-refractivity contribution < 1.29 is 4.79 Å². The van der Waals surface area contributed by atoms with E-state index in [0.29, 0.717) is 12.1 Å². The van der Waals surface area contributed by atoms with Gasteiger partial charge in [0.1, 0.15) is 5.82 Å². The first kappa shape index (κ1) is 15.6. The maximum Gasteiger partial charge on any atom is 0.251 e. The molecule has 2 aliphatic heterocycles. The van der Waals surface area contributed by atoms with Crippen molar-refractivity contribution in [2.24, 2.45) is 5.92 Å². The Morgan fingerprint density at radius 1 is 1.15 bits per heavy atom. The van der Waals surface area contributed by atoms with E-state index in [2.05, 4.69) is 32.3 Å². The lowest BCUT2D eigenvalue weighted by molar-refractivity contribution is 0.0950. The highest BCUT2D eigenvalue weighted by Gasteiger charge is 2.42. The summed E-state index contributed by atoms with van der Waals surface area (Å²) in [5, 5.41) is 2.94. The van der Waals surface area contributed by atoms with Crippen LogP contribution in [-0.2, 0) is 13.1 Å². The number of carbonyl (C=O) groups excluding carboxylic acids is 1. The Labute approximate surface area is 152 Å². The van der Waals surface area contributed by atoms with Gasteiger partial charge in [0.25, 0.3) is 5.91 Å². The minimum atomic E-state index is -0.0690. The van der Waals surface area contributed by atoms with Gasteiger partial charge in [0.15, 0.2) is 0 Å². The largest absolute Gasteiger partial charge is 0.345 e. The summed E-state index contributed by atoms with van der Waals surface area (Å²) in [5.74, 6) is 1.63. The molecule has 1 saturated carbocycles. The Balaban J connectivity index is 1.19. The van der Waals surface area contributed by atoms with Crippen LogP contribution in [0.1, 0.15) is 34.6 Å².